The molecule has 2 rings (SSSR count). The molecule has 1 fully saturated rings. The van der Waals surface area contributed by atoms with Crippen molar-refractivity contribution in [2.45, 2.75) is 6.42 Å². The normalized spacial score (nSPS) is 20.0. The molecule has 1 aromatic rings. The number of aromatic carboxylic acids is 1. The smallest absolute Gasteiger partial charge is 0.335 e. The van der Waals surface area contributed by atoms with Gasteiger partial charge in [-0.3, -0.25) is 0 Å². The van der Waals surface area contributed by atoms with E-state index in [9.17, 15) is 4.79 Å². The van der Waals surface area contributed by atoms with E-state index in [1.807, 2.05) is 13.1 Å². The average Bonchev–Trinajstić information content (AvgIpc) is 2.75. The lowest BCUT2D eigenvalue weighted by Crippen LogP contribution is -2.27. The van der Waals surface area contributed by atoms with Crippen LogP contribution >= 0.6 is 0 Å². The Morgan fingerprint density at radius 3 is 2.94 bits per heavy atom. The molecular weight excluding hydrogens is 228 g/mol. The van der Waals surface area contributed by atoms with E-state index in [1.165, 1.54) is 6.42 Å². The summed E-state index contributed by atoms with van der Waals surface area (Å²) in [7, 11) is 4.17. The minimum absolute atomic E-state index is 0.350. The molecule has 0 aromatic heterocycles. The summed E-state index contributed by atoms with van der Waals surface area (Å²) in [6.45, 7) is 3.27. The lowest BCUT2D eigenvalue weighted by Gasteiger charge is -2.23. The number of benzene rings is 1. The molecule has 0 spiro atoms. The van der Waals surface area contributed by atoms with Crippen LogP contribution in [0.15, 0.2) is 24.3 Å². The molecular formula is C14H20N2O2. The summed E-state index contributed by atoms with van der Waals surface area (Å²) in [6, 6.07) is 7.13. The highest BCUT2D eigenvalue weighted by Crippen LogP contribution is 2.20. The Bertz CT molecular complexity index is 434. The molecule has 0 bridgehead atoms. The summed E-state index contributed by atoms with van der Waals surface area (Å²) in [6.07, 6.45) is 1.22. The van der Waals surface area contributed by atoms with Gasteiger partial charge in [0.1, 0.15) is 0 Å². The molecule has 1 aliphatic heterocycles. The Labute approximate surface area is 108 Å². The molecule has 18 heavy (non-hydrogen) atoms. The average molecular weight is 248 g/mol. The second-order valence-corrected chi connectivity index (χ2v) is 5.15. The molecule has 0 aliphatic carbocycles. The molecule has 1 atom stereocenters. The monoisotopic (exact) mass is 248 g/mol. The van der Waals surface area contributed by atoms with Crippen molar-refractivity contribution in [1.29, 1.82) is 0 Å². The third-order valence-corrected chi connectivity index (χ3v) is 3.55. The van der Waals surface area contributed by atoms with Crippen LogP contribution in [0.5, 0.6) is 0 Å². The van der Waals surface area contributed by atoms with Gasteiger partial charge in [0.05, 0.1) is 5.56 Å². The second-order valence-electron chi connectivity index (χ2n) is 5.15. The van der Waals surface area contributed by atoms with E-state index in [4.69, 9.17) is 5.11 Å². The zero-order chi connectivity index (χ0) is 13.1. The Morgan fingerprint density at radius 2 is 2.33 bits per heavy atom. The quantitative estimate of drug-likeness (QED) is 0.882. The van der Waals surface area contributed by atoms with Gasteiger partial charge in [-0.15, -0.1) is 0 Å². The molecule has 1 aliphatic rings. The van der Waals surface area contributed by atoms with E-state index in [-0.39, 0.29) is 0 Å². The summed E-state index contributed by atoms with van der Waals surface area (Å²) in [5, 5.41) is 8.98. The SMILES string of the molecule is CN1CCC(CN(C)c2cccc(C(=O)O)c2)C1. The Balaban J connectivity index is 2.02. The van der Waals surface area contributed by atoms with Crippen molar-refractivity contribution in [2.24, 2.45) is 5.92 Å². The van der Waals surface area contributed by atoms with E-state index >= 15 is 0 Å². The number of hydrogen-bond donors (Lipinski definition) is 1. The van der Waals surface area contributed by atoms with Gasteiger partial charge in [-0.2, -0.15) is 0 Å². The maximum Gasteiger partial charge on any atom is 0.335 e. The van der Waals surface area contributed by atoms with Crippen LogP contribution < -0.4 is 4.90 Å². The van der Waals surface area contributed by atoms with Crippen molar-refractivity contribution in [2.75, 3.05) is 38.6 Å². The van der Waals surface area contributed by atoms with Gasteiger partial charge in [-0.25, -0.2) is 4.79 Å². The molecule has 1 aromatic carbocycles. The number of hydrogen-bond acceptors (Lipinski definition) is 3. The topological polar surface area (TPSA) is 43.8 Å². The molecule has 0 radical (unpaired) electrons. The van der Waals surface area contributed by atoms with Gasteiger partial charge in [0.25, 0.3) is 0 Å². The fraction of sp³-hybridized carbons (Fsp3) is 0.500. The Kier molecular flexibility index (Phi) is 3.87. The third kappa shape index (κ3) is 3.01. The number of likely N-dealkylation sites (tertiary alicyclic amines) is 1. The molecule has 98 valence electrons. The van der Waals surface area contributed by atoms with E-state index in [0.717, 1.165) is 25.3 Å². The van der Waals surface area contributed by atoms with Crippen LogP contribution in [-0.4, -0.2) is 49.7 Å². The zero-order valence-corrected chi connectivity index (χ0v) is 11.0. The van der Waals surface area contributed by atoms with Crippen molar-refractivity contribution in [3.63, 3.8) is 0 Å². The minimum atomic E-state index is -0.870. The highest BCUT2D eigenvalue weighted by Gasteiger charge is 2.21. The summed E-state index contributed by atoms with van der Waals surface area (Å²) in [5.41, 5.74) is 1.33. The predicted molar refractivity (Wildman–Crippen MR) is 72.3 cm³/mol. The number of nitrogens with zero attached hydrogens (tertiary/aromatic N) is 2. The van der Waals surface area contributed by atoms with E-state index in [0.29, 0.717) is 11.5 Å². The summed E-state index contributed by atoms with van der Waals surface area (Å²) < 4.78 is 0. The van der Waals surface area contributed by atoms with Crippen molar-refractivity contribution in [3.05, 3.63) is 29.8 Å². The molecule has 1 unspecified atom stereocenters. The van der Waals surface area contributed by atoms with E-state index in [1.54, 1.807) is 18.2 Å². The van der Waals surface area contributed by atoms with Crippen LogP contribution in [0, 0.1) is 5.92 Å². The fourth-order valence-corrected chi connectivity index (χ4v) is 2.54. The molecule has 1 heterocycles. The molecule has 0 amide bonds. The van der Waals surface area contributed by atoms with E-state index in [2.05, 4.69) is 16.8 Å². The number of rotatable bonds is 4. The summed E-state index contributed by atoms with van der Waals surface area (Å²) in [4.78, 5) is 15.4. The largest absolute Gasteiger partial charge is 0.478 e. The molecule has 4 nitrogen and oxygen atoms in total. The number of carboxylic acids is 1. The Morgan fingerprint density at radius 1 is 1.56 bits per heavy atom. The van der Waals surface area contributed by atoms with Gasteiger partial charge in [-0.05, 0) is 44.1 Å². The van der Waals surface area contributed by atoms with Gasteiger partial charge in [0.15, 0.2) is 0 Å². The van der Waals surface area contributed by atoms with Crippen LogP contribution in [0.25, 0.3) is 0 Å². The second kappa shape index (κ2) is 5.40. The van der Waals surface area contributed by atoms with Crippen LogP contribution in [0.1, 0.15) is 16.8 Å². The standard InChI is InChI=1S/C14H20N2O2/c1-15-7-6-11(9-15)10-16(2)13-5-3-4-12(8-13)14(17)18/h3-5,8,11H,6-7,9-10H2,1-2H3,(H,17,18). The Hall–Kier alpha value is -1.55. The number of carbonyl (C=O) groups is 1. The van der Waals surface area contributed by atoms with Gasteiger partial charge in [-0.1, -0.05) is 6.07 Å². The first-order chi connectivity index (χ1) is 8.56. The van der Waals surface area contributed by atoms with Crippen LogP contribution in [0.2, 0.25) is 0 Å². The third-order valence-electron chi connectivity index (χ3n) is 3.55. The summed E-state index contributed by atoms with van der Waals surface area (Å²) >= 11 is 0. The van der Waals surface area contributed by atoms with Crippen LogP contribution in [0.4, 0.5) is 5.69 Å². The highest BCUT2D eigenvalue weighted by atomic mass is 16.4. The maximum absolute atomic E-state index is 10.9. The first kappa shape index (κ1) is 12.9. The van der Waals surface area contributed by atoms with E-state index < -0.39 is 5.97 Å². The zero-order valence-electron chi connectivity index (χ0n) is 11.0. The lowest BCUT2D eigenvalue weighted by atomic mass is 10.1. The van der Waals surface area contributed by atoms with Crippen molar-refractivity contribution in [3.8, 4) is 0 Å². The minimum Gasteiger partial charge on any atom is -0.478 e. The number of anilines is 1. The van der Waals surface area contributed by atoms with Gasteiger partial charge >= 0.3 is 5.97 Å². The van der Waals surface area contributed by atoms with Crippen LogP contribution in [0.3, 0.4) is 0 Å². The fourth-order valence-electron chi connectivity index (χ4n) is 2.54. The molecule has 1 saturated heterocycles. The number of carboxylic acid groups (broad SMARTS) is 1. The lowest BCUT2D eigenvalue weighted by molar-refractivity contribution is 0.0697. The van der Waals surface area contributed by atoms with Crippen molar-refractivity contribution >= 4 is 11.7 Å². The first-order valence-electron chi connectivity index (χ1n) is 6.29. The molecule has 1 N–H and O–H groups in total. The first-order valence-corrected chi connectivity index (χ1v) is 6.29. The van der Waals surface area contributed by atoms with Gasteiger partial charge < -0.3 is 14.9 Å². The van der Waals surface area contributed by atoms with Crippen molar-refractivity contribution < 1.29 is 9.90 Å². The summed E-state index contributed by atoms with van der Waals surface area (Å²) in [5.74, 6) is -0.195. The molecule has 4 heteroatoms. The van der Waals surface area contributed by atoms with Crippen molar-refractivity contribution in [1.82, 2.24) is 4.90 Å². The molecule has 0 saturated carbocycles. The van der Waals surface area contributed by atoms with Gasteiger partial charge in [0.2, 0.25) is 0 Å². The highest BCUT2D eigenvalue weighted by molar-refractivity contribution is 5.88. The van der Waals surface area contributed by atoms with Crippen LogP contribution in [-0.2, 0) is 0 Å². The maximum atomic E-state index is 10.9. The predicted octanol–water partition coefficient (Wildman–Crippen LogP) is 1.77. The van der Waals surface area contributed by atoms with Gasteiger partial charge in [0, 0.05) is 25.8 Å².